The molecule has 0 aromatic carbocycles. The number of fused-ring (bicyclic) bond motifs is 1. The molecule has 3 heterocycles. The molecular weight excluding hydrogens is 244 g/mol. The van der Waals surface area contributed by atoms with Gasteiger partial charge in [-0.15, -0.1) is 0 Å². The van der Waals surface area contributed by atoms with E-state index in [0.29, 0.717) is 23.8 Å². The lowest BCUT2D eigenvalue weighted by molar-refractivity contribution is -0.124. The first kappa shape index (κ1) is 12.0. The Morgan fingerprint density at radius 1 is 1.58 bits per heavy atom. The van der Waals surface area contributed by atoms with E-state index in [1.165, 1.54) is 0 Å². The summed E-state index contributed by atoms with van der Waals surface area (Å²) < 4.78 is 5.69. The van der Waals surface area contributed by atoms with Gasteiger partial charge < -0.3 is 14.6 Å². The summed E-state index contributed by atoms with van der Waals surface area (Å²) in [4.78, 5) is 22.3. The summed E-state index contributed by atoms with van der Waals surface area (Å²) >= 11 is 0. The molecule has 1 amide bonds. The maximum Gasteiger partial charge on any atom is 0.299 e. The van der Waals surface area contributed by atoms with E-state index < -0.39 is 0 Å². The van der Waals surface area contributed by atoms with Gasteiger partial charge in [-0.3, -0.25) is 4.79 Å². The molecule has 1 saturated heterocycles. The van der Waals surface area contributed by atoms with E-state index in [1.807, 2.05) is 17.0 Å². The fourth-order valence-corrected chi connectivity index (χ4v) is 2.46. The molecule has 100 valence electrons. The highest BCUT2D eigenvalue weighted by atomic mass is 16.4. The number of anilines is 1. The number of amides is 1. The van der Waals surface area contributed by atoms with Crippen LogP contribution in [-0.4, -0.2) is 36.0 Å². The Morgan fingerprint density at radius 2 is 2.47 bits per heavy atom. The number of piperidine rings is 1. The Morgan fingerprint density at radius 3 is 3.26 bits per heavy atom. The van der Waals surface area contributed by atoms with E-state index >= 15 is 0 Å². The topological polar surface area (TPSA) is 71.3 Å². The van der Waals surface area contributed by atoms with Crippen LogP contribution < -0.4 is 10.2 Å². The van der Waals surface area contributed by atoms with Gasteiger partial charge in [-0.05, 0) is 25.0 Å². The molecule has 6 nitrogen and oxygen atoms in total. The number of rotatable bonds is 2. The lowest BCUT2D eigenvalue weighted by Crippen LogP contribution is -2.42. The summed E-state index contributed by atoms with van der Waals surface area (Å²) in [5.41, 5.74) is 1.29. The molecule has 2 aromatic rings. The van der Waals surface area contributed by atoms with Crippen molar-refractivity contribution in [2.24, 2.45) is 5.92 Å². The maximum absolute atomic E-state index is 11.7. The molecule has 0 radical (unpaired) electrons. The van der Waals surface area contributed by atoms with Gasteiger partial charge in [0, 0.05) is 26.3 Å². The second-order valence-electron chi connectivity index (χ2n) is 4.72. The zero-order valence-corrected chi connectivity index (χ0v) is 10.8. The van der Waals surface area contributed by atoms with Gasteiger partial charge in [0.05, 0.1) is 5.92 Å². The molecule has 0 bridgehead atoms. The average Bonchev–Trinajstić information content (AvgIpc) is 2.90. The van der Waals surface area contributed by atoms with Crippen molar-refractivity contribution in [3.05, 3.63) is 18.3 Å². The number of nitrogens with one attached hydrogen (secondary N) is 1. The van der Waals surface area contributed by atoms with Gasteiger partial charge in [0.2, 0.25) is 11.6 Å². The number of aromatic nitrogens is 2. The fourth-order valence-electron chi connectivity index (χ4n) is 2.46. The van der Waals surface area contributed by atoms with Crippen LogP contribution in [0.2, 0.25) is 0 Å². The third-order valence-electron chi connectivity index (χ3n) is 3.46. The zero-order chi connectivity index (χ0) is 13.2. The van der Waals surface area contributed by atoms with E-state index in [0.717, 1.165) is 19.4 Å². The molecule has 1 unspecified atom stereocenters. The quantitative estimate of drug-likeness (QED) is 0.878. The zero-order valence-electron chi connectivity index (χ0n) is 10.8. The van der Waals surface area contributed by atoms with Crippen LogP contribution >= 0.6 is 0 Å². The number of pyridine rings is 1. The summed E-state index contributed by atoms with van der Waals surface area (Å²) in [6.45, 7) is 1.51. The van der Waals surface area contributed by atoms with Crippen LogP contribution in [0.1, 0.15) is 12.8 Å². The number of hydrogen-bond donors (Lipinski definition) is 1. The van der Waals surface area contributed by atoms with Gasteiger partial charge in [-0.1, -0.05) is 0 Å². The predicted octanol–water partition coefficient (Wildman–Crippen LogP) is 1.19. The third-order valence-corrected chi connectivity index (χ3v) is 3.46. The van der Waals surface area contributed by atoms with Crippen molar-refractivity contribution < 1.29 is 9.21 Å². The third kappa shape index (κ3) is 2.25. The Labute approximate surface area is 110 Å². The first-order chi connectivity index (χ1) is 9.28. The minimum absolute atomic E-state index is 0.00159. The van der Waals surface area contributed by atoms with Crippen molar-refractivity contribution in [1.82, 2.24) is 15.3 Å². The van der Waals surface area contributed by atoms with E-state index in [9.17, 15) is 4.79 Å². The molecule has 3 rings (SSSR count). The molecule has 1 fully saturated rings. The average molecular weight is 260 g/mol. The normalized spacial score (nSPS) is 19.6. The van der Waals surface area contributed by atoms with Crippen LogP contribution in [0.4, 0.5) is 6.01 Å². The van der Waals surface area contributed by atoms with Crippen molar-refractivity contribution >= 4 is 23.2 Å². The van der Waals surface area contributed by atoms with E-state index in [1.54, 1.807) is 13.2 Å². The standard InChI is InChI=1S/C13H16N4O2/c1-14-12(18)9-4-3-7-17(8-9)13-16-11-10(19-13)5-2-6-15-11/h2,5-6,9H,3-4,7-8H2,1H3,(H,14,18). The van der Waals surface area contributed by atoms with E-state index in [-0.39, 0.29) is 11.8 Å². The lowest BCUT2D eigenvalue weighted by atomic mass is 9.97. The second-order valence-corrected chi connectivity index (χ2v) is 4.72. The first-order valence-electron chi connectivity index (χ1n) is 6.46. The Bertz CT molecular complexity index is 562. The van der Waals surface area contributed by atoms with Gasteiger partial charge in [0.15, 0.2) is 5.58 Å². The molecular formula is C13H16N4O2. The van der Waals surface area contributed by atoms with Gasteiger partial charge in [0.25, 0.3) is 6.01 Å². The number of hydrogen-bond acceptors (Lipinski definition) is 5. The van der Waals surface area contributed by atoms with Crippen molar-refractivity contribution in [3.63, 3.8) is 0 Å². The Kier molecular flexibility index (Phi) is 3.06. The van der Waals surface area contributed by atoms with Crippen LogP contribution in [0, 0.1) is 5.92 Å². The molecule has 1 atom stereocenters. The van der Waals surface area contributed by atoms with Crippen LogP contribution in [-0.2, 0) is 4.79 Å². The van der Waals surface area contributed by atoms with Crippen LogP contribution in [0.25, 0.3) is 11.2 Å². The minimum Gasteiger partial charge on any atom is -0.422 e. The summed E-state index contributed by atoms with van der Waals surface area (Å²) in [6.07, 6.45) is 3.57. The fraction of sp³-hybridized carbons (Fsp3) is 0.462. The van der Waals surface area contributed by atoms with Crippen molar-refractivity contribution in [2.45, 2.75) is 12.8 Å². The van der Waals surface area contributed by atoms with Crippen molar-refractivity contribution in [1.29, 1.82) is 0 Å². The summed E-state index contributed by atoms with van der Waals surface area (Å²) in [5, 5.41) is 2.70. The van der Waals surface area contributed by atoms with Crippen LogP contribution in [0.5, 0.6) is 0 Å². The molecule has 0 saturated carbocycles. The lowest BCUT2D eigenvalue weighted by Gasteiger charge is -2.30. The second kappa shape index (κ2) is 4.87. The molecule has 1 N–H and O–H groups in total. The van der Waals surface area contributed by atoms with E-state index in [4.69, 9.17) is 4.42 Å². The predicted molar refractivity (Wildman–Crippen MR) is 70.8 cm³/mol. The van der Waals surface area contributed by atoms with Gasteiger partial charge in [0.1, 0.15) is 0 Å². The minimum atomic E-state index is 0.00159. The molecule has 0 aliphatic carbocycles. The van der Waals surface area contributed by atoms with E-state index in [2.05, 4.69) is 15.3 Å². The molecule has 19 heavy (non-hydrogen) atoms. The number of nitrogens with zero attached hydrogens (tertiary/aromatic N) is 3. The van der Waals surface area contributed by atoms with Crippen LogP contribution in [0.15, 0.2) is 22.7 Å². The van der Waals surface area contributed by atoms with Crippen molar-refractivity contribution in [2.75, 3.05) is 25.0 Å². The number of carbonyl (C=O) groups excluding carboxylic acids is 1. The maximum atomic E-state index is 11.7. The van der Waals surface area contributed by atoms with Gasteiger partial charge >= 0.3 is 0 Å². The smallest absolute Gasteiger partial charge is 0.299 e. The van der Waals surface area contributed by atoms with Gasteiger partial charge in [-0.2, -0.15) is 4.98 Å². The molecule has 2 aromatic heterocycles. The summed E-state index contributed by atoms with van der Waals surface area (Å²) in [6, 6.07) is 4.22. The van der Waals surface area contributed by atoms with Crippen LogP contribution in [0.3, 0.4) is 0 Å². The first-order valence-corrected chi connectivity index (χ1v) is 6.46. The molecule has 1 aliphatic heterocycles. The highest BCUT2D eigenvalue weighted by Crippen LogP contribution is 2.25. The molecule has 6 heteroatoms. The SMILES string of the molecule is CNC(=O)C1CCCN(c2nc3ncccc3o2)C1. The monoisotopic (exact) mass is 260 g/mol. The number of oxazole rings is 1. The molecule has 1 aliphatic rings. The summed E-state index contributed by atoms with van der Waals surface area (Å²) in [7, 11) is 1.67. The highest BCUT2D eigenvalue weighted by Gasteiger charge is 2.27. The summed E-state index contributed by atoms with van der Waals surface area (Å²) in [5.74, 6) is 0.0839. The largest absolute Gasteiger partial charge is 0.422 e. The number of carbonyl (C=O) groups is 1. The molecule has 0 spiro atoms. The van der Waals surface area contributed by atoms with Gasteiger partial charge in [-0.25, -0.2) is 4.98 Å². The highest BCUT2D eigenvalue weighted by molar-refractivity contribution is 5.79. The van der Waals surface area contributed by atoms with Crippen molar-refractivity contribution in [3.8, 4) is 0 Å². The Balaban J connectivity index is 1.83. The Hall–Kier alpha value is -2.11.